The highest BCUT2D eigenvalue weighted by atomic mass is 35.5. The number of aromatic nitrogens is 3. The predicted octanol–water partition coefficient (Wildman–Crippen LogP) is 1.43. The van der Waals surface area contributed by atoms with Crippen molar-refractivity contribution in [2.45, 2.75) is 19.4 Å². The Morgan fingerprint density at radius 3 is 2.78 bits per heavy atom. The summed E-state index contributed by atoms with van der Waals surface area (Å²) in [5.41, 5.74) is 0. The van der Waals surface area contributed by atoms with E-state index in [0.717, 1.165) is 19.6 Å². The molecule has 0 spiro atoms. The first-order valence-corrected chi connectivity index (χ1v) is 6.38. The van der Waals surface area contributed by atoms with Crippen molar-refractivity contribution in [3.8, 4) is 0 Å². The number of ether oxygens (including phenoxy) is 1. The lowest BCUT2D eigenvalue weighted by Crippen LogP contribution is -2.22. The molecule has 2 atom stereocenters. The second-order valence-corrected chi connectivity index (χ2v) is 4.97. The van der Waals surface area contributed by atoms with E-state index in [-0.39, 0.29) is 11.4 Å². The van der Waals surface area contributed by atoms with Crippen molar-refractivity contribution < 1.29 is 4.74 Å². The lowest BCUT2D eigenvalue weighted by molar-refractivity contribution is 0.108. The van der Waals surface area contributed by atoms with Crippen LogP contribution in [0.5, 0.6) is 0 Å². The quantitative estimate of drug-likeness (QED) is 0.894. The van der Waals surface area contributed by atoms with Crippen LogP contribution in [-0.4, -0.2) is 48.3 Å². The smallest absolute Gasteiger partial charge is 0.230 e. The van der Waals surface area contributed by atoms with Crippen molar-refractivity contribution >= 4 is 23.5 Å². The summed E-state index contributed by atoms with van der Waals surface area (Å²) in [6, 6.07) is 0. The van der Waals surface area contributed by atoms with Gasteiger partial charge in [0.2, 0.25) is 17.2 Å². The van der Waals surface area contributed by atoms with E-state index >= 15 is 0 Å². The standard InChI is InChI=1S/C11H18ClN5O/c1-7-8(4-5-18-7)6-13-10-14-9(12)15-11(16-10)17(2)3/h7-8H,4-6H2,1-3H3,(H,13,14,15,16). The Balaban J connectivity index is 2.00. The predicted molar refractivity (Wildman–Crippen MR) is 71.2 cm³/mol. The van der Waals surface area contributed by atoms with Crippen LogP contribution < -0.4 is 10.2 Å². The van der Waals surface area contributed by atoms with E-state index in [0.29, 0.717) is 17.8 Å². The Morgan fingerprint density at radius 1 is 1.39 bits per heavy atom. The lowest BCUT2D eigenvalue weighted by atomic mass is 10.0. The summed E-state index contributed by atoms with van der Waals surface area (Å²) in [6.07, 6.45) is 1.34. The van der Waals surface area contributed by atoms with E-state index in [1.165, 1.54) is 0 Å². The summed E-state index contributed by atoms with van der Waals surface area (Å²) in [5.74, 6) is 1.55. The van der Waals surface area contributed by atoms with Crippen LogP contribution in [0.3, 0.4) is 0 Å². The Kier molecular flexibility index (Phi) is 4.19. The molecule has 1 aliphatic rings. The first kappa shape index (κ1) is 13.3. The van der Waals surface area contributed by atoms with Crippen LogP contribution in [0.4, 0.5) is 11.9 Å². The summed E-state index contributed by atoms with van der Waals surface area (Å²) in [6.45, 7) is 3.70. The molecule has 2 rings (SSSR count). The maximum atomic E-state index is 5.86. The van der Waals surface area contributed by atoms with Gasteiger partial charge in [0.1, 0.15) is 0 Å². The monoisotopic (exact) mass is 271 g/mol. The molecule has 2 unspecified atom stereocenters. The molecule has 1 aromatic heterocycles. The Morgan fingerprint density at radius 2 is 2.17 bits per heavy atom. The van der Waals surface area contributed by atoms with Gasteiger partial charge in [-0.2, -0.15) is 15.0 Å². The molecule has 0 aromatic carbocycles. The molecule has 1 N–H and O–H groups in total. The number of halogens is 1. The Hall–Kier alpha value is -1.14. The Labute approximate surface area is 112 Å². The first-order chi connectivity index (χ1) is 8.56. The maximum absolute atomic E-state index is 5.86. The van der Waals surface area contributed by atoms with Gasteiger partial charge in [-0.05, 0) is 24.9 Å². The van der Waals surface area contributed by atoms with E-state index < -0.39 is 0 Å². The zero-order chi connectivity index (χ0) is 13.1. The molecule has 0 bridgehead atoms. The van der Waals surface area contributed by atoms with E-state index in [9.17, 15) is 0 Å². The van der Waals surface area contributed by atoms with E-state index in [1.807, 2.05) is 14.1 Å². The minimum Gasteiger partial charge on any atom is -0.378 e. The summed E-state index contributed by atoms with van der Waals surface area (Å²) >= 11 is 5.86. The molecule has 18 heavy (non-hydrogen) atoms. The summed E-state index contributed by atoms with van der Waals surface area (Å²) in [4.78, 5) is 14.2. The van der Waals surface area contributed by atoms with Gasteiger partial charge in [0.15, 0.2) is 0 Å². The fraction of sp³-hybridized carbons (Fsp3) is 0.727. The van der Waals surface area contributed by atoms with E-state index in [1.54, 1.807) is 4.90 Å². The molecular weight excluding hydrogens is 254 g/mol. The van der Waals surface area contributed by atoms with Crippen LogP contribution in [0.2, 0.25) is 5.28 Å². The van der Waals surface area contributed by atoms with Crippen LogP contribution in [0.25, 0.3) is 0 Å². The van der Waals surface area contributed by atoms with Crippen molar-refractivity contribution in [1.82, 2.24) is 15.0 Å². The van der Waals surface area contributed by atoms with Gasteiger partial charge in [-0.25, -0.2) is 0 Å². The number of hydrogen-bond acceptors (Lipinski definition) is 6. The molecule has 1 aliphatic heterocycles. The third-order valence-corrected chi connectivity index (χ3v) is 3.22. The number of rotatable bonds is 4. The number of nitrogens with zero attached hydrogens (tertiary/aromatic N) is 4. The highest BCUT2D eigenvalue weighted by molar-refractivity contribution is 6.28. The van der Waals surface area contributed by atoms with Gasteiger partial charge >= 0.3 is 0 Å². The van der Waals surface area contributed by atoms with Gasteiger partial charge in [0.05, 0.1) is 6.10 Å². The molecule has 0 saturated carbocycles. The Bertz CT molecular complexity index is 414. The van der Waals surface area contributed by atoms with Crippen molar-refractivity contribution in [2.75, 3.05) is 37.5 Å². The highest BCUT2D eigenvalue weighted by Gasteiger charge is 2.24. The van der Waals surface area contributed by atoms with Gasteiger partial charge in [0.25, 0.3) is 0 Å². The van der Waals surface area contributed by atoms with Gasteiger partial charge in [-0.3, -0.25) is 0 Å². The molecule has 100 valence electrons. The van der Waals surface area contributed by atoms with Gasteiger partial charge in [-0.1, -0.05) is 0 Å². The van der Waals surface area contributed by atoms with Crippen molar-refractivity contribution in [1.29, 1.82) is 0 Å². The van der Waals surface area contributed by atoms with Crippen molar-refractivity contribution in [3.63, 3.8) is 0 Å². The molecule has 0 radical (unpaired) electrons. The van der Waals surface area contributed by atoms with E-state index in [2.05, 4.69) is 27.2 Å². The fourth-order valence-corrected chi connectivity index (χ4v) is 2.04. The lowest BCUT2D eigenvalue weighted by Gasteiger charge is -2.16. The number of hydrogen-bond donors (Lipinski definition) is 1. The number of anilines is 2. The minimum atomic E-state index is 0.201. The molecule has 2 heterocycles. The summed E-state index contributed by atoms with van der Waals surface area (Å²) in [7, 11) is 3.73. The van der Waals surface area contributed by atoms with Crippen LogP contribution in [-0.2, 0) is 4.74 Å². The third-order valence-electron chi connectivity index (χ3n) is 3.05. The van der Waals surface area contributed by atoms with Crippen molar-refractivity contribution in [3.05, 3.63) is 5.28 Å². The van der Waals surface area contributed by atoms with Crippen LogP contribution >= 0.6 is 11.6 Å². The fourth-order valence-electron chi connectivity index (χ4n) is 1.89. The van der Waals surface area contributed by atoms with Crippen LogP contribution in [0.1, 0.15) is 13.3 Å². The zero-order valence-electron chi connectivity index (χ0n) is 10.9. The molecule has 7 heteroatoms. The zero-order valence-corrected chi connectivity index (χ0v) is 11.6. The second kappa shape index (κ2) is 5.67. The molecule has 1 saturated heterocycles. The topological polar surface area (TPSA) is 63.2 Å². The average molecular weight is 272 g/mol. The molecule has 0 aliphatic carbocycles. The molecule has 1 fully saturated rings. The van der Waals surface area contributed by atoms with Crippen LogP contribution in [0.15, 0.2) is 0 Å². The van der Waals surface area contributed by atoms with Gasteiger partial charge < -0.3 is 15.0 Å². The molecule has 0 amide bonds. The summed E-state index contributed by atoms with van der Waals surface area (Å²) < 4.78 is 5.51. The SMILES string of the molecule is CC1OCCC1CNc1nc(Cl)nc(N(C)C)n1. The molecule has 1 aromatic rings. The van der Waals surface area contributed by atoms with E-state index in [4.69, 9.17) is 16.3 Å². The normalized spacial score (nSPS) is 23.1. The third kappa shape index (κ3) is 3.20. The van der Waals surface area contributed by atoms with Gasteiger partial charge in [-0.15, -0.1) is 0 Å². The number of nitrogens with one attached hydrogen (secondary N) is 1. The summed E-state index contributed by atoms with van der Waals surface area (Å²) in [5, 5.41) is 3.40. The first-order valence-electron chi connectivity index (χ1n) is 6.00. The average Bonchev–Trinajstić information content (AvgIpc) is 2.71. The molecule has 6 nitrogen and oxygen atoms in total. The van der Waals surface area contributed by atoms with Gasteiger partial charge in [0, 0.05) is 33.2 Å². The molecular formula is C11H18ClN5O. The van der Waals surface area contributed by atoms with Crippen LogP contribution in [0, 0.1) is 5.92 Å². The largest absolute Gasteiger partial charge is 0.378 e. The second-order valence-electron chi connectivity index (χ2n) is 4.63. The highest BCUT2D eigenvalue weighted by Crippen LogP contribution is 2.21. The van der Waals surface area contributed by atoms with Crippen molar-refractivity contribution in [2.24, 2.45) is 5.92 Å². The maximum Gasteiger partial charge on any atom is 0.230 e. The minimum absolute atomic E-state index is 0.201.